The van der Waals surface area contributed by atoms with Gasteiger partial charge in [0, 0.05) is 19.3 Å². The van der Waals surface area contributed by atoms with Crippen molar-refractivity contribution >= 4 is 11.3 Å². The van der Waals surface area contributed by atoms with Gasteiger partial charge < -0.3 is 9.64 Å². The van der Waals surface area contributed by atoms with Gasteiger partial charge >= 0.3 is 0 Å². The third-order valence-corrected chi connectivity index (χ3v) is 3.98. The Morgan fingerprint density at radius 2 is 2.22 bits per heavy atom. The smallest absolute Gasteiger partial charge is 0.0653 e. The topological polar surface area (TPSA) is 12.5 Å². The van der Waals surface area contributed by atoms with E-state index in [1.54, 1.807) is 0 Å². The van der Waals surface area contributed by atoms with Crippen molar-refractivity contribution < 1.29 is 4.74 Å². The Morgan fingerprint density at radius 1 is 1.33 bits per heavy atom. The Kier molecular flexibility index (Phi) is 3.13. The summed E-state index contributed by atoms with van der Waals surface area (Å²) in [6.45, 7) is 5.13. The highest BCUT2D eigenvalue weighted by Gasteiger charge is 2.19. The molecule has 0 amide bonds. The molecule has 96 valence electrons. The van der Waals surface area contributed by atoms with Crippen molar-refractivity contribution in [1.82, 2.24) is 0 Å². The van der Waals surface area contributed by atoms with Crippen molar-refractivity contribution in [3.05, 3.63) is 35.4 Å². The second kappa shape index (κ2) is 4.77. The van der Waals surface area contributed by atoms with Gasteiger partial charge in [0.05, 0.1) is 13.2 Å². The van der Waals surface area contributed by atoms with E-state index in [1.165, 1.54) is 35.4 Å². The minimum atomic E-state index is 0.751. The van der Waals surface area contributed by atoms with Crippen molar-refractivity contribution in [3.63, 3.8) is 0 Å². The molecule has 0 saturated carbocycles. The second-order valence-electron chi connectivity index (χ2n) is 5.59. The van der Waals surface area contributed by atoms with Gasteiger partial charge in [-0.25, -0.2) is 0 Å². The van der Waals surface area contributed by atoms with E-state index in [2.05, 4.69) is 43.1 Å². The first-order valence-electron chi connectivity index (χ1n) is 6.85. The summed E-state index contributed by atoms with van der Waals surface area (Å²) in [6.07, 6.45) is 4.47. The summed E-state index contributed by atoms with van der Waals surface area (Å²) in [7, 11) is 2.20. The molecule has 0 aromatic heterocycles. The van der Waals surface area contributed by atoms with Gasteiger partial charge in [0.1, 0.15) is 0 Å². The van der Waals surface area contributed by atoms with Crippen molar-refractivity contribution in [3.8, 4) is 0 Å². The quantitative estimate of drug-likeness (QED) is 0.751. The van der Waals surface area contributed by atoms with E-state index in [4.69, 9.17) is 4.74 Å². The molecule has 0 saturated heterocycles. The van der Waals surface area contributed by atoms with Gasteiger partial charge in [-0.3, -0.25) is 0 Å². The molecule has 0 spiro atoms. The van der Waals surface area contributed by atoms with Gasteiger partial charge in [-0.2, -0.15) is 0 Å². The van der Waals surface area contributed by atoms with Crippen LogP contribution in [0, 0.1) is 5.92 Å². The number of ether oxygens (including phenoxy) is 1. The predicted molar refractivity (Wildman–Crippen MR) is 76.0 cm³/mol. The summed E-state index contributed by atoms with van der Waals surface area (Å²) < 4.78 is 5.38. The largest absolute Gasteiger partial charge is 0.377 e. The lowest BCUT2D eigenvalue weighted by molar-refractivity contribution is 0.161. The van der Waals surface area contributed by atoms with Crippen molar-refractivity contribution in [2.24, 2.45) is 5.92 Å². The van der Waals surface area contributed by atoms with E-state index >= 15 is 0 Å². The molecule has 1 atom stereocenters. The molecule has 3 rings (SSSR count). The molecule has 0 unspecified atom stereocenters. The predicted octanol–water partition coefficient (Wildman–Crippen LogP) is 3.12. The molecule has 2 aliphatic rings. The highest BCUT2D eigenvalue weighted by Crippen LogP contribution is 2.32. The number of benzene rings is 1. The molecule has 0 radical (unpaired) electrons. The Labute approximate surface area is 109 Å². The van der Waals surface area contributed by atoms with Crippen LogP contribution < -0.4 is 4.90 Å². The minimum Gasteiger partial charge on any atom is -0.377 e. The van der Waals surface area contributed by atoms with E-state index in [0.717, 1.165) is 25.6 Å². The highest BCUT2D eigenvalue weighted by molar-refractivity contribution is 5.70. The van der Waals surface area contributed by atoms with E-state index in [-0.39, 0.29) is 0 Å². The molecule has 2 nitrogen and oxygen atoms in total. The molecule has 2 heteroatoms. The first kappa shape index (κ1) is 11.8. The Balaban J connectivity index is 1.95. The molecule has 2 heterocycles. The summed E-state index contributed by atoms with van der Waals surface area (Å²) >= 11 is 0. The maximum Gasteiger partial charge on any atom is 0.0653 e. The molecular weight excluding hydrogens is 222 g/mol. The third kappa shape index (κ3) is 2.17. The number of hydrogen-bond donors (Lipinski definition) is 0. The Morgan fingerprint density at radius 3 is 3.00 bits per heavy atom. The van der Waals surface area contributed by atoms with Crippen LogP contribution in [-0.2, 0) is 11.2 Å². The van der Waals surface area contributed by atoms with Crippen LogP contribution in [0.5, 0.6) is 0 Å². The maximum absolute atomic E-state index is 5.38. The van der Waals surface area contributed by atoms with Gasteiger partial charge in [0.25, 0.3) is 0 Å². The second-order valence-corrected chi connectivity index (χ2v) is 5.59. The van der Waals surface area contributed by atoms with Crippen LogP contribution in [-0.4, -0.2) is 26.8 Å². The average molecular weight is 243 g/mol. The third-order valence-electron chi connectivity index (χ3n) is 3.98. The van der Waals surface area contributed by atoms with Gasteiger partial charge in [-0.05, 0) is 47.6 Å². The molecule has 2 aliphatic heterocycles. The molecule has 1 aromatic carbocycles. The van der Waals surface area contributed by atoms with Crippen LogP contribution in [0.2, 0.25) is 0 Å². The van der Waals surface area contributed by atoms with Gasteiger partial charge in [0.15, 0.2) is 0 Å². The number of rotatable bonds is 1. The van der Waals surface area contributed by atoms with Crippen LogP contribution in [0.1, 0.15) is 24.5 Å². The lowest BCUT2D eigenvalue weighted by Crippen LogP contribution is -2.30. The summed E-state index contributed by atoms with van der Waals surface area (Å²) in [5, 5.41) is 0. The van der Waals surface area contributed by atoms with Gasteiger partial charge in [0.2, 0.25) is 0 Å². The molecule has 0 bridgehead atoms. The SMILES string of the molecule is C[C@@H]1Cc2cc(C3=CCOCC3)ccc2N(C)C1. The summed E-state index contributed by atoms with van der Waals surface area (Å²) in [4.78, 5) is 2.38. The minimum absolute atomic E-state index is 0.751. The summed E-state index contributed by atoms with van der Waals surface area (Å²) in [5.74, 6) is 0.751. The van der Waals surface area contributed by atoms with E-state index in [1.807, 2.05) is 0 Å². The first-order valence-corrected chi connectivity index (χ1v) is 6.85. The fourth-order valence-corrected chi connectivity index (χ4v) is 3.12. The number of fused-ring (bicyclic) bond motifs is 1. The average Bonchev–Trinajstić information content (AvgIpc) is 2.39. The van der Waals surface area contributed by atoms with Crippen molar-refractivity contribution in [1.29, 1.82) is 0 Å². The van der Waals surface area contributed by atoms with Crippen LogP contribution in [0.4, 0.5) is 5.69 Å². The zero-order valence-electron chi connectivity index (χ0n) is 11.3. The van der Waals surface area contributed by atoms with Gasteiger partial charge in [-0.15, -0.1) is 0 Å². The zero-order chi connectivity index (χ0) is 12.5. The molecular formula is C16H21NO. The lowest BCUT2D eigenvalue weighted by atomic mass is 9.90. The molecule has 0 N–H and O–H groups in total. The first-order chi connectivity index (χ1) is 8.74. The Bertz CT molecular complexity index is 478. The summed E-state index contributed by atoms with van der Waals surface area (Å²) in [5.41, 5.74) is 5.75. The summed E-state index contributed by atoms with van der Waals surface area (Å²) in [6, 6.07) is 6.94. The van der Waals surface area contributed by atoms with E-state index in [9.17, 15) is 0 Å². The zero-order valence-corrected chi connectivity index (χ0v) is 11.3. The van der Waals surface area contributed by atoms with E-state index < -0.39 is 0 Å². The monoisotopic (exact) mass is 243 g/mol. The lowest BCUT2D eigenvalue weighted by Gasteiger charge is -2.32. The van der Waals surface area contributed by atoms with Crippen LogP contribution in [0.25, 0.3) is 5.57 Å². The number of anilines is 1. The standard InChI is InChI=1S/C16H21NO/c1-12-9-15-10-14(13-5-7-18-8-6-13)3-4-16(15)17(2)11-12/h3-5,10,12H,6-9,11H2,1-2H3/t12-/m1/s1. The highest BCUT2D eigenvalue weighted by atomic mass is 16.5. The maximum atomic E-state index is 5.38. The van der Waals surface area contributed by atoms with Crippen LogP contribution in [0.3, 0.4) is 0 Å². The van der Waals surface area contributed by atoms with Gasteiger partial charge in [-0.1, -0.05) is 19.1 Å². The van der Waals surface area contributed by atoms with Crippen LogP contribution in [0.15, 0.2) is 24.3 Å². The van der Waals surface area contributed by atoms with Crippen LogP contribution >= 0.6 is 0 Å². The fraction of sp³-hybridized carbons (Fsp3) is 0.500. The Hall–Kier alpha value is -1.28. The molecule has 0 aliphatic carbocycles. The number of hydrogen-bond acceptors (Lipinski definition) is 2. The fourth-order valence-electron chi connectivity index (χ4n) is 3.12. The normalized spacial score (nSPS) is 23.6. The number of nitrogens with zero attached hydrogens (tertiary/aromatic N) is 1. The molecule has 18 heavy (non-hydrogen) atoms. The van der Waals surface area contributed by atoms with Crippen molar-refractivity contribution in [2.75, 3.05) is 31.7 Å². The van der Waals surface area contributed by atoms with E-state index in [0.29, 0.717) is 0 Å². The molecule has 0 fully saturated rings. The van der Waals surface area contributed by atoms with Crippen molar-refractivity contribution in [2.45, 2.75) is 19.8 Å². The molecule has 1 aromatic rings.